The number of ether oxygens (including phenoxy) is 2. The van der Waals surface area contributed by atoms with Gasteiger partial charge in [-0.1, -0.05) is 42.0 Å². The summed E-state index contributed by atoms with van der Waals surface area (Å²) in [6.07, 6.45) is 5.55. The number of carbonyl (C=O) groups excluding carboxylic acids is 1. The average molecular weight is 423 g/mol. The smallest absolute Gasteiger partial charge is 0.257 e. The molecular formula is C26H34N2O3. The summed E-state index contributed by atoms with van der Waals surface area (Å²) < 4.78 is 10.8. The van der Waals surface area contributed by atoms with Gasteiger partial charge in [0.2, 0.25) is 0 Å². The van der Waals surface area contributed by atoms with Crippen LogP contribution < -0.4 is 9.47 Å². The summed E-state index contributed by atoms with van der Waals surface area (Å²) in [5.41, 5.74) is 2.85. The highest BCUT2D eigenvalue weighted by molar-refractivity contribution is 5.97. The Morgan fingerprint density at radius 3 is 2.58 bits per heavy atom. The molecule has 2 aromatic rings. The van der Waals surface area contributed by atoms with Gasteiger partial charge in [-0.15, -0.1) is 0 Å². The summed E-state index contributed by atoms with van der Waals surface area (Å²) in [7, 11) is 5.37. The Labute approximate surface area is 186 Å². The zero-order chi connectivity index (χ0) is 22.2. The number of hydrogen-bond acceptors (Lipinski definition) is 4. The molecule has 0 bridgehead atoms. The van der Waals surface area contributed by atoms with Crippen molar-refractivity contribution in [2.45, 2.75) is 32.2 Å². The van der Waals surface area contributed by atoms with Gasteiger partial charge in [0.1, 0.15) is 11.5 Å². The van der Waals surface area contributed by atoms with Crippen LogP contribution in [0, 0.1) is 0 Å². The highest BCUT2D eigenvalue weighted by atomic mass is 16.5. The average Bonchev–Trinajstić information content (AvgIpc) is 3.20. The van der Waals surface area contributed by atoms with Crippen molar-refractivity contribution in [3.8, 4) is 11.5 Å². The fourth-order valence-electron chi connectivity index (χ4n) is 4.23. The van der Waals surface area contributed by atoms with E-state index in [1.807, 2.05) is 29.2 Å². The summed E-state index contributed by atoms with van der Waals surface area (Å²) in [5, 5.41) is 0. The minimum atomic E-state index is -0.0130. The van der Waals surface area contributed by atoms with Crippen LogP contribution in [0.3, 0.4) is 0 Å². The monoisotopic (exact) mass is 422 g/mol. The van der Waals surface area contributed by atoms with Gasteiger partial charge in [0.25, 0.3) is 5.91 Å². The summed E-state index contributed by atoms with van der Waals surface area (Å²) >= 11 is 0. The normalized spacial score (nSPS) is 16.9. The van der Waals surface area contributed by atoms with Crippen LogP contribution in [0.2, 0.25) is 0 Å². The second-order valence-electron chi connectivity index (χ2n) is 8.26. The molecule has 31 heavy (non-hydrogen) atoms. The number of likely N-dealkylation sites (tertiary alicyclic amines) is 1. The zero-order valence-corrected chi connectivity index (χ0v) is 19.1. The van der Waals surface area contributed by atoms with Gasteiger partial charge >= 0.3 is 0 Å². The van der Waals surface area contributed by atoms with E-state index in [1.165, 1.54) is 12.8 Å². The van der Waals surface area contributed by atoms with Crippen molar-refractivity contribution in [1.29, 1.82) is 0 Å². The first-order valence-corrected chi connectivity index (χ1v) is 11.0. The fraction of sp³-hybridized carbons (Fsp3) is 0.423. The van der Waals surface area contributed by atoms with E-state index in [9.17, 15) is 4.79 Å². The molecule has 1 fully saturated rings. The Morgan fingerprint density at radius 2 is 1.94 bits per heavy atom. The maximum atomic E-state index is 13.6. The number of carbonyl (C=O) groups is 1. The van der Waals surface area contributed by atoms with Crippen LogP contribution in [0.15, 0.2) is 54.1 Å². The molecular weight excluding hydrogens is 388 g/mol. The minimum Gasteiger partial charge on any atom is -0.497 e. The second-order valence-corrected chi connectivity index (χ2v) is 8.26. The van der Waals surface area contributed by atoms with E-state index in [1.54, 1.807) is 26.4 Å². The van der Waals surface area contributed by atoms with E-state index in [-0.39, 0.29) is 5.91 Å². The standard InChI is InChI=1S/C26H34N2O3/c1-20(17-21-9-6-5-7-10-21)19-28(16-14-22-11-8-15-27(22)2)26(29)24-13-12-23(30-3)18-25(24)31-4/h5-7,9-10,12-13,17-18,22H,8,11,14-16,19H2,1-4H3/b20-17+. The van der Waals surface area contributed by atoms with Crippen molar-refractivity contribution in [3.63, 3.8) is 0 Å². The van der Waals surface area contributed by atoms with Crippen LogP contribution in [0.25, 0.3) is 6.08 Å². The molecule has 0 saturated carbocycles. The Bertz CT molecular complexity index is 895. The number of rotatable bonds is 9. The van der Waals surface area contributed by atoms with E-state index < -0.39 is 0 Å². The summed E-state index contributed by atoms with van der Waals surface area (Å²) in [6, 6.07) is 16.1. The maximum Gasteiger partial charge on any atom is 0.257 e. The number of benzene rings is 2. The van der Waals surface area contributed by atoms with Crippen LogP contribution in [0.4, 0.5) is 0 Å². The van der Waals surface area contributed by atoms with Gasteiger partial charge in [0.05, 0.1) is 19.8 Å². The molecule has 1 saturated heterocycles. The van der Waals surface area contributed by atoms with Gasteiger partial charge in [-0.3, -0.25) is 4.79 Å². The third kappa shape index (κ3) is 6.11. The van der Waals surface area contributed by atoms with Crippen LogP contribution >= 0.6 is 0 Å². The number of nitrogens with zero attached hydrogens (tertiary/aromatic N) is 2. The molecule has 0 radical (unpaired) electrons. The highest BCUT2D eigenvalue weighted by Crippen LogP contribution is 2.27. The van der Waals surface area contributed by atoms with E-state index in [4.69, 9.17) is 9.47 Å². The zero-order valence-electron chi connectivity index (χ0n) is 19.1. The van der Waals surface area contributed by atoms with Gasteiger partial charge in [-0.05, 0) is 57.5 Å². The van der Waals surface area contributed by atoms with Gasteiger partial charge in [-0.25, -0.2) is 0 Å². The second kappa shape index (κ2) is 11.0. The Balaban J connectivity index is 1.82. The molecule has 5 nitrogen and oxygen atoms in total. The molecule has 0 N–H and O–H groups in total. The van der Waals surface area contributed by atoms with Crippen LogP contribution in [-0.4, -0.2) is 62.7 Å². The Morgan fingerprint density at radius 1 is 1.16 bits per heavy atom. The minimum absolute atomic E-state index is 0.0130. The first kappa shape index (κ1) is 22.9. The van der Waals surface area contributed by atoms with Crippen molar-refractivity contribution >= 4 is 12.0 Å². The molecule has 0 aliphatic carbocycles. The van der Waals surface area contributed by atoms with Gasteiger partial charge in [-0.2, -0.15) is 0 Å². The van der Waals surface area contributed by atoms with E-state index in [0.29, 0.717) is 36.2 Å². The first-order chi connectivity index (χ1) is 15.0. The molecule has 5 heteroatoms. The number of methoxy groups -OCH3 is 2. The van der Waals surface area contributed by atoms with E-state index >= 15 is 0 Å². The predicted molar refractivity (Wildman–Crippen MR) is 126 cm³/mol. The molecule has 1 atom stereocenters. The molecule has 3 rings (SSSR count). The molecule has 2 aromatic carbocycles. The van der Waals surface area contributed by atoms with Crippen molar-refractivity contribution in [2.75, 3.05) is 40.9 Å². The fourth-order valence-corrected chi connectivity index (χ4v) is 4.23. The highest BCUT2D eigenvalue weighted by Gasteiger charge is 2.25. The lowest BCUT2D eigenvalue weighted by atomic mass is 10.1. The summed E-state index contributed by atoms with van der Waals surface area (Å²) in [4.78, 5) is 17.9. The first-order valence-electron chi connectivity index (χ1n) is 11.0. The molecule has 1 unspecified atom stereocenters. The topological polar surface area (TPSA) is 42.0 Å². The molecule has 0 spiro atoms. The third-order valence-electron chi connectivity index (χ3n) is 5.98. The van der Waals surface area contributed by atoms with Crippen LogP contribution in [-0.2, 0) is 0 Å². The van der Waals surface area contributed by atoms with Crippen molar-refractivity contribution in [1.82, 2.24) is 9.80 Å². The molecule has 166 valence electrons. The summed E-state index contributed by atoms with van der Waals surface area (Å²) in [5.74, 6) is 1.20. The van der Waals surface area contributed by atoms with Crippen LogP contribution in [0.1, 0.15) is 42.1 Å². The SMILES string of the molecule is COc1ccc(C(=O)N(CCC2CCCN2C)C/C(C)=C/c2ccccc2)c(OC)c1. The van der Waals surface area contributed by atoms with Gasteiger partial charge in [0, 0.05) is 25.2 Å². The lowest BCUT2D eigenvalue weighted by Gasteiger charge is -2.27. The van der Waals surface area contributed by atoms with Crippen molar-refractivity contribution < 1.29 is 14.3 Å². The molecule has 1 heterocycles. The molecule has 0 aromatic heterocycles. The van der Waals surface area contributed by atoms with Gasteiger partial charge in [0.15, 0.2) is 0 Å². The van der Waals surface area contributed by atoms with Crippen molar-refractivity contribution in [3.05, 3.63) is 65.2 Å². The van der Waals surface area contributed by atoms with Gasteiger partial charge < -0.3 is 19.3 Å². The van der Waals surface area contributed by atoms with Crippen LogP contribution in [0.5, 0.6) is 11.5 Å². The Kier molecular flexibility index (Phi) is 8.13. The quantitative estimate of drug-likeness (QED) is 0.586. The molecule has 1 aliphatic rings. The molecule has 1 amide bonds. The lowest BCUT2D eigenvalue weighted by Crippen LogP contribution is -2.37. The Hall–Kier alpha value is -2.79. The van der Waals surface area contributed by atoms with Crippen molar-refractivity contribution in [2.24, 2.45) is 0 Å². The number of amides is 1. The largest absolute Gasteiger partial charge is 0.497 e. The number of hydrogen-bond donors (Lipinski definition) is 0. The van der Waals surface area contributed by atoms with E-state index in [2.05, 4.69) is 37.1 Å². The third-order valence-corrected chi connectivity index (χ3v) is 5.98. The lowest BCUT2D eigenvalue weighted by molar-refractivity contribution is 0.0754. The predicted octanol–water partition coefficient (Wildman–Crippen LogP) is 4.73. The summed E-state index contributed by atoms with van der Waals surface area (Å²) in [6.45, 7) is 4.51. The maximum absolute atomic E-state index is 13.6. The molecule has 1 aliphatic heterocycles. The van der Waals surface area contributed by atoms with E-state index in [0.717, 1.165) is 24.1 Å².